The number of thiocarbonyl (C=S) groups is 1. The molecule has 0 atom stereocenters. The van der Waals surface area contributed by atoms with Crippen LogP contribution in [0.2, 0.25) is 0 Å². The van der Waals surface area contributed by atoms with E-state index in [4.69, 9.17) is 26.9 Å². The molecule has 0 spiro atoms. The molecule has 4 rings (SSSR count). The van der Waals surface area contributed by atoms with Crippen molar-refractivity contribution < 1.29 is 24.2 Å². The summed E-state index contributed by atoms with van der Waals surface area (Å²) in [6.45, 7) is 3.82. The van der Waals surface area contributed by atoms with E-state index in [1.54, 1.807) is 23.1 Å². The summed E-state index contributed by atoms with van der Waals surface area (Å²) in [4.78, 5) is 36.5. The molecule has 0 aliphatic carbocycles. The fourth-order valence-electron chi connectivity index (χ4n) is 3.36. The quantitative estimate of drug-likeness (QED) is 0.185. The van der Waals surface area contributed by atoms with Gasteiger partial charge >= 0.3 is 5.97 Å². The summed E-state index contributed by atoms with van der Waals surface area (Å²) in [5, 5.41) is 9.26. The van der Waals surface area contributed by atoms with Crippen LogP contribution in [-0.2, 0) is 9.59 Å². The maximum absolute atomic E-state index is 12.7. The number of carboxylic acid groups (broad SMARTS) is 1. The monoisotopic (exact) mass is 507 g/mol. The number of nitrogens with zero attached hydrogens (tertiary/aromatic N) is 1. The molecule has 1 aliphatic heterocycles. The Balaban J connectivity index is 0.000000795. The van der Waals surface area contributed by atoms with Crippen molar-refractivity contribution in [2.75, 3.05) is 6.54 Å². The van der Waals surface area contributed by atoms with E-state index < -0.39 is 11.9 Å². The summed E-state index contributed by atoms with van der Waals surface area (Å²) in [6.07, 6.45) is 3.76. The van der Waals surface area contributed by atoms with E-state index in [1.807, 2.05) is 54.6 Å². The van der Waals surface area contributed by atoms with Gasteiger partial charge in [0.15, 0.2) is 0 Å². The topological polar surface area (TPSA) is 83.9 Å². The molecule has 8 heteroatoms. The number of amides is 1. The Morgan fingerprint density at radius 2 is 1.71 bits per heavy atom. The molecular weight excluding hydrogens is 482 g/mol. The highest BCUT2D eigenvalue weighted by molar-refractivity contribution is 8.26. The zero-order chi connectivity index (χ0) is 25.4. The molecule has 3 aromatic rings. The summed E-state index contributed by atoms with van der Waals surface area (Å²) < 4.78 is 6.17. The third kappa shape index (κ3) is 7.00. The van der Waals surface area contributed by atoms with Crippen LogP contribution in [-0.4, -0.2) is 38.7 Å². The Hall–Kier alpha value is -3.49. The zero-order valence-electron chi connectivity index (χ0n) is 19.4. The van der Waals surface area contributed by atoms with E-state index >= 15 is 0 Å². The number of aliphatic carboxylic acids is 1. The molecule has 1 amide bonds. The third-order valence-electron chi connectivity index (χ3n) is 5.01. The normalized spacial score (nSPS) is 14.1. The largest absolute Gasteiger partial charge is 0.481 e. The highest BCUT2D eigenvalue weighted by atomic mass is 32.2. The molecule has 0 aromatic heterocycles. The number of esters is 1. The van der Waals surface area contributed by atoms with Gasteiger partial charge in [0, 0.05) is 13.5 Å². The van der Waals surface area contributed by atoms with Crippen LogP contribution in [0.4, 0.5) is 0 Å². The number of unbranched alkanes of at least 4 members (excludes halogenated alkanes) is 1. The second-order valence-electron chi connectivity index (χ2n) is 7.69. The molecule has 0 unspecified atom stereocenters. The summed E-state index contributed by atoms with van der Waals surface area (Å²) in [6, 6.07) is 20.4. The van der Waals surface area contributed by atoms with Gasteiger partial charge in [-0.1, -0.05) is 85.9 Å². The first-order chi connectivity index (χ1) is 16.8. The molecule has 1 fully saturated rings. The Morgan fingerprint density at radius 3 is 2.40 bits per heavy atom. The van der Waals surface area contributed by atoms with Crippen molar-refractivity contribution >= 4 is 63.0 Å². The second kappa shape index (κ2) is 12.3. The van der Waals surface area contributed by atoms with Gasteiger partial charge in [0.2, 0.25) is 0 Å². The molecule has 0 bridgehead atoms. The van der Waals surface area contributed by atoms with Gasteiger partial charge in [-0.05, 0) is 47.0 Å². The van der Waals surface area contributed by atoms with Crippen LogP contribution in [0.25, 0.3) is 16.8 Å². The van der Waals surface area contributed by atoms with Crippen molar-refractivity contribution in [2.24, 2.45) is 0 Å². The number of benzene rings is 3. The van der Waals surface area contributed by atoms with Gasteiger partial charge in [-0.15, -0.1) is 0 Å². The molecule has 3 aromatic carbocycles. The predicted octanol–water partition coefficient (Wildman–Crippen LogP) is 6.15. The Bertz CT molecular complexity index is 1270. The highest BCUT2D eigenvalue weighted by Crippen LogP contribution is 2.33. The maximum atomic E-state index is 12.7. The molecule has 1 N–H and O–H groups in total. The molecule has 0 radical (unpaired) electrons. The van der Waals surface area contributed by atoms with Gasteiger partial charge in [-0.2, -0.15) is 0 Å². The van der Waals surface area contributed by atoms with E-state index in [0.717, 1.165) is 36.1 Å². The van der Waals surface area contributed by atoms with Gasteiger partial charge in [0.25, 0.3) is 11.9 Å². The second-order valence-corrected chi connectivity index (χ2v) is 9.37. The van der Waals surface area contributed by atoms with Crippen LogP contribution >= 0.6 is 24.0 Å². The first-order valence-electron chi connectivity index (χ1n) is 11.0. The molecule has 1 heterocycles. The summed E-state index contributed by atoms with van der Waals surface area (Å²) >= 11 is 6.67. The van der Waals surface area contributed by atoms with Crippen molar-refractivity contribution in [3.63, 3.8) is 0 Å². The average Bonchev–Trinajstić information content (AvgIpc) is 3.10. The van der Waals surface area contributed by atoms with Crippen LogP contribution < -0.4 is 4.74 Å². The van der Waals surface area contributed by atoms with Crippen LogP contribution in [0.15, 0.2) is 71.6 Å². The number of ether oxygens (including phenoxy) is 1. The van der Waals surface area contributed by atoms with E-state index in [2.05, 4.69) is 6.92 Å². The van der Waals surface area contributed by atoms with Crippen molar-refractivity contribution in [1.82, 2.24) is 4.90 Å². The standard InChI is InChI=1S/C25H21NO3S2.C2H4O2/c1-2-3-15-26-23(27)22(31-25(26)30)16-17-11-13-19(14-12-17)29-24(28)21-10-6-8-18-7-4-5-9-20(18)21;1-2(3)4/h4-14,16H,2-3,15H2,1H3;1H3,(H,3,4). The lowest BCUT2D eigenvalue weighted by molar-refractivity contribution is -0.134. The third-order valence-corrected chi connectivity index (χ3v) is 6.38. The van der Waals surface area contributed by atoms with E-state index in [1.165, 1.54) is 11.8 Å². The first kappa shape index (κ1) is 26.1. The Labute approximate surface area is 213 Å². The van der Waals surface area contributed by atoms with Crippen molar-refractivity contribution in [1.29, 1.82) is 0 Å². The van der Waals surface area contributed by atoms with Gasteiger partial charge in [-0.3, -0.25) is 14.5 Å². The van der Waals surface area contributed by atoms with Crippen molar-refractivity contribution in [2.45, 2.75) is 26.7 Å². The average molecular weight is 508 g/mol. The Kier molecular flexibility index (Phi) is 9.17. The zero-order valence-corrected chi connectivity index (χ0v) is 21.0. The van der Waals surface area contributed by atoms with E-state index in [0.29, 0.717) is 27.1 Å². The number of carbonyl (C=O) groups excluding carboxylic acids is 2. The number of carbonyl (C=O) groups is 3. The maximum Gasteiger partial charge on any atom is 0.344 e. The van der Waals surface area contributed by atoms with Crippen molar-refractivity contribution in [3.8, 4) is 5.75 Å². The molecule has 1 saturated heterocycles. The smallest absolute Gasteiger partial charge is 0.344 e. The van der Waals surface area contributed by atoms with Gasteiger partial charge in [0.05, 0.1) is 10.5 Å². The van der Waals surface area contributed by atoms with Crippen LogP contribution in [0, 0.1) is 0 Å². The highest BCUT2D eigenvalue weighted by Gasteiger charge is 2.31. The molecule has 35 heavy (non-hydrogen) atoms. The van der Waals surface area contributed by atoms with Gasteiger partial charge in [-0.25, -0.2) is 4.79 Å². The molecule has 6 nitrogen and oxygen atoms in total. The SMILES string of the molecule is CC(=O)O.CCCCN1C(=O)C(=Cc2ccc(OC(=O)c3cccc4ccccc34)cc2)SC1=S. The summed E-state index contributed by atoms with van der Waals surface area (Å²) in [5.41, 5.74) is 1.37. The van der Waals surface area contributed by atoms with E-state index in [-0.39, 0.29) is 5.91 Å². The fraction of sp³-hybridized carbons (Fsp3) is 0.185. The van der Waals surface area contributed by atoms with Crippen LogP contribution in [0.1, 0.15) is 42.6 Å². The predicted molar refractivity (Wildman–Crippen MR) is 143 cm³/mol. The fourth-order valence-corrected chi connectivity index (χ4v) is 4.67. The number of hydrogen-bond donors (Lipinski definition) is 1. The van der Waals surface area contributed by atoms with Crippen molar-refractivity contribution in [3.05, 3.63) is 82.8 Å². The first-order valence-corrected chi connectivity index (χ1v) is 12.3. The minimum absolute atomic E-state index is 0.0464. The van der Waals surface area contributed by atoms with E-state index in [9.17, 15) is 9.59 Å². The van der Waals surface area contributed by atoms with Crippen LogP contribution in [0.3, 0.4) is 0 Å². The number of thioether (sulfide) groups is 1. The number of rotatable bonds is 6. The number of fused-ring (bicyclic) bond motifs is 1. The molecule has 0 saturated carbocycles. The number of hydrogen-bond acceptors (Lipinski definition) is 6. The van der Waals surface area contributed by atoms with Gasteiger partial charge < -0.3 is 9.84 Å². The summed E-state index contributed by atoms with van der Waals surface area (Å²) in [5.74, 6) is -0.832. The lowest BCUT2D eigenvalue weighted by Crippen LogP contribution is -2.28. The van der Waals surface area contributed by atoms with Gasteiger partial charge in [0.1, 0.15) is 10.1 Å². The molecule has 180 valence electrons. The summed E-state index contributed by atoms with van der Waals surface area (Å²) in [7, 11) is 0. The Morgan fingerprint density at radius 1 is 1.06 bits per heavy atom. The van der Waals surface area contributed by atoms with Crippen LogP contribution in [0.5, 0.6) is 5.75 Å². The molecular formula is C27H25NO5S2. The number of carboxylic acids is 1. The minimum Gasteiger partial charge on any atom is -0.481 e. The lowest BCUT2D eigenvalue weighted by atomic mass is 10.0. The lowest BCUT2D eigenvalue weighted by Gasteiger charge is -2.13. The minimum atomic E-state index is -0.833. The molecule has 1 aliphatic rings.